The lowest BCUT2D eigenvalue weighted by atomic mass is 10.3. The highest BCUT2D eigenvalue weighted by Gasteiger charge is 2.13. The minimum absolute atomic E-state index is 0.226. The fraction of sp³-hybridized carbons (Fsp3) is 0.500. The Bertz CT molecular complexity index is 576. The highest BCUT2D eigenvalue weighted by Crippen LogP contribution is 2.17. The van der Waals surface area contributed by atoms with Crippen LogP contribution >= 0.6 is 0 Å². The molecule has 7 nitrogen and oxygen atoms in total. The van der Waals surface area contributed by atoms with Gasteiger partial charge in [0.05, 0.1) is 25.8 Å². The van der Waals surface area contributed by atoms with E-state index in [1.54, 1.807) is 0 Å². The lowest BCUT2D eigenvalue weighted by Gasteiger charge is -2.06. The molecule has 0 aliphatic heterocycles. The molecule has 0 aliphatic carbocycles. The molecule has 0 atom stereocenters. The van der Waals surface area contributed by atoms with Crippen LogP contribution in [0.3, 0.4) is 0 Å². The zero-order chi connectivity index (χ0) is 15.1. The van der Waals surface area contributed by atoms with Crippen molar-refractivity contribution in [3.8, 4) is 11.5 Å². The van der Waals surface area contributed by atoms with E-state index in [-0.39, 0.29) is 12.4 Å². The Morgan fingerprint density at radius 2 is 2.33 bits per heavy atom. The third-order valence-electron chi connectivity index (χ3n) is 2.98. The van der Waals surface area contributed by atoms with Crippen LogP contribution in [0.5, 0.6) is 0 Å². The van der Waals surface area contributed by atoms with Crippen molar-refractivity contribution in [1.29, 1.82) is 0 Å². The van der Waals surface area contributed by atoms with Gasteiger partial charge in [0.1, 0.15) is 0 Å². The van der Waals surface area contributed by atoms with Crippen molar-refractivity contribution in [2.45, 2.75) is 26.3 Å². The lowest BCUT2D eigenvalue weighted by Crippen LogP contribution is -2.06. The highest BCUT2D eigenvalue weighted by atomic mass is 16.5. The number of esters is 1. The Labute approximate surface area is 122 Å². The van der Waals surface area contributed by atoms with E-state index in [1.165, 1.54) is 7.11 Å². The maximum Gasteiger partial charge on any atom is 0.306 e. The average molecular weight is 293 g/mol. The SMILES string of the molecule is CCOCCn1cccc1-c1noc(CCC(=O)OC)n1. The van der Waals surface area contributed by atoms with Crippen LogP contribution in [0, 0.1) is 0 Å². The molecule has 0 radical (unpaired) electrons. The molecule has 0 N–H and O–H groups in total. The van der Waals surface area contributed by atoms with Crippen molar-refractivity contribution in [2.75, 3.05) is 20.3 Å². The minimum Gasteiger partial charge on any atom is -0.469 e. The molecule has 114 valence electrons. The molecule has 0 amide bonds. The number of carbonyl (C=O) groups is 1. The molecular weight excluding hydrogens is 274 g/mol. The molecule has 2 aromatic rings. The van der Waals surface area contributed by atoms with Gasteiger partial charge in [-0.15, -0.1) is 0 Å². The average Bonchev–Trinajstić information content (AvgIpc) is 3.13. The summed E-state index contributed by atoms with van der Waals surface area (Å²) >= 11 is 0. The van der Waals surface area contributed by atoms with Gasteiger partial charge in [0, 0.05) is 25.8 Å². The van der Waals surface area contributed by atoms with Gasteiger partial charge in [-0.25, -0.2) is 0 Å². The van der Waals surface area contributed by atoms with Crippen LogP contribution in [0.25, 0.3) is 11.5 Å². The zero-order valence-corrected chi connectivity index (χ0v) is 12.2. The predicted molar refractivity (Wildman–Crippen MR) is 74.6 cm³/mol. The van der Waals surface area contributed by atoms with Gasteiger partial charge < -0.3 is 18.6 Å². The fourth-order valence-electron chi connectivity index (χ4n) is 1.89. The van der Waals surface area contributed by atoms with Gasteiger partial charge in [-0.2, -0.15) is 4.98 Å². The predicted octanol–water partition coefficient (Wildman–Crippen LogP) is 1.68. The standard InChI is InChI=1S/C14H19N3O4/c1-3-20-10-9-17-8-4-5-11(17)14-15-12(21-16-14)6-7-13(18)19-2/h4-5,8H,3,6-7,9-10H2,1-2H3. The van der Waals surface area contributed by atoms with Crippen LogP contribution in [-0.2, 0) is 27.2 Å². The molecule has 0 saturated carbocycles. The van der Waals surface area contributed by atoms with Crippen LogP contribution in [0.2, 0.25) is 0 Å². The van der Waals surface area contributed by atoms with E-state index >= 15 is 0 Å². The summed E-state index contributed by atoms with van der Waals surface area (Å²) in [6, 6.07) is 3.84. The number of carbonyl (C=O) groups excluding carboxylic acids is 1. The molecule has 2 heterocycles. The molecule has 0 fully saturated rings. The van der Waals surface area contributed by atoms with E-state index in [9.17, 15) is 4.79 Å². The second-order valence-electron chi connectivity index (χ2n) is 4.37. The molecule has 0 unspecified atom stereocenters. The number of aryl methyl sites for hydroxylation is 1. The topological polar surface area (TPSA) is 79.4 Å². The molecule has 7 heteroatoms. The quantitative estimate of drug-likeness (QED) is 0.544. The molecule has 0 aliphatic rings. The molecule has 2 rings (SSSR count). The summed E-state index contributed by atoms with van der Waals surface area (Å²) in [5, 5.41) is 3.95. The van der Waals surface area contributed by atoms with Crippen LogP contribution in [0.15, 0.2) is 22.9 Å². The van der Waals surface area contributed by atoms with E-state index in [1.807, 2.05) is 29.8 Å². The minimum atomic E-state index is -0.296. The number of nitrogens with zero attached hydrogens (tertiary/aromatic N) is 3. The first-order chi connectivity index (χ1) is 10.2. The van der Waals surface area contributed by atoms with E-state index in [0.717, 1.165) is 12.2 Å². The largest absolute Gasteiger partial charge is 0.469 e. The number of hydrogen-bond acceptors (Lipinski definition) is 6. The Hall–Kier alpha value is -2.15. The monoisotopic (exact) mass is 293 g/mol. The number of methoxy groups -OCH3 is 1. The maximum absolute atomic E-state index is 11.1. The summed E-state index contributed by atoms with van der Waals surface area (Å²) in [5.74, 6) is 0.638. The van der Waals surface area contributed by atoms with Crippen molar-refractivity contribution < 1.29 is 18.8 Å². The van der Waals surface area contributed by atoms with Gasteiger partial charge in [-0.05, 0) is 19.1 Å². The normalized spacial score (nSPS) is 10.8. The van der Waals surface area contributed by atoms with Crippen molar-refractivity contribution >= 4 is 5.97 Å². The van der Waals surface area contributed by atoms with Crippen LogP contribution in [0.1, 0.15) is 19.2 Å². The summed E-state index contributed by atoms with van der Waals surface area (Å²) in [4.78, 5) is 15.4. The number of ether oxygens (including phenoxy) is 2. The van der Waals surface area contributed by atoms with Crippen LogP contribution in [-0.4, -0.2) is 41.0 Å². The zero-order valence-electron chi connectivity index (χ0n) is 12.2. The molecule has 0 bridgehead atoms. The second-order valence-corrected chi connectivity index (χ2v) is 4.37. The Morgan fingerprint density at radius 3 is 3.10 bits per heavy atom. The molecule has 21 heavy (non-hydrogen) atoms. The summed E-state index contributed by atoms with van der Waals surface area (Å²) in [6.07, 6.45) is 2.54. The van der Waals surface area contributed by atoms with Gasteiger partial charge >= 0.3 is 5.97 Å². The Balaban J connectivity index is 2.00. The van der Waals surface area contributed by atoms with E-state index < -0.39 is 0 Å². The van der Waals surface area contributed by atoms with Gasteiger partial charge in [0.15, 0.2) is 0 Å². The van der Waals surface area contributed by atoms with E-state index in [2.05, 4.69) is 14.9 Å². The smallest absolute Gasteiger partial charge is 0.306 e. The summed E-state index contributed by atoms with van der Waals surface area (Å²) in [5.41, 5.74) is 0.864. The van der Waals surface area contributed by atoms with Gasteiger partial charge in [0.2, 0.25) is 11.7 Å². The number of hydrogen-bond donors (Lipinski definition) is 0. The van der Waals surface area contributed by atoms with E-state index in [4.69, 9.17) is 9.26 Å². The van der Waals surface area contributed by atoms with Gasteiger partial charge in [-0.1, -0.05) is 5.16 Å². The van der Waals surface area contributed by atoms with Crippen LogP contribution in [0.4, 0.5) is 0 Å². The maximum atomic E-state index is 11.1. The van der Waals surface area contributed by atoms with Crippen molar-refractivity contribution in [3.05, 3.63) is 24.2 Å². The first kappa shape index (κ1) is 15.2. The number of rotatable bonds is 8. The lowest BCUT2D eigenvalue weighted by molar-refractivity contribution is -0.140. The fourth-order valence-corrected chi connectivity index (χ4v) is 1.89. The van der Waals surface area contributed by atoms with E-state index in [0.29, 0.717) is 31.3 Å². The van der Waals surface area contributed by atoms with Crippen molar-refractivity contribution in [1.82, 2.24) is 14.7 Å². The molecule has 0 spiro atoms. The van der Waals surface area contributed by atoms with Crippen LogP contribution < -0.4 is 0 Å². The molecule has 0 aromatic carbocycles. The van der Waals surface area contributed by atoms with Gasteiger partial charge in [-0.3, -0.25) is 4.79 Å². The van der Waals surface area contributed by atoms with Crippen molar-refractivity contribution in [2.24, 2.45) is 0 Å². The summed E-state index contributed by atoms with van der Waals surface area (Å²) < 4.78 is 17.1. The Morgan fingerprint density at radius 1 is 1.48 bits per heavy atom. The molecular formula is C14H19N3O4. The second kappa shape index (κ2) is 7.58. The first-order valence-electron chi connectivity index (χ1n) is 6.87. The first-order valence-corrected chi connectivity index (χ1v) is 6.87. The summed E-state index contributed by atoms with van der Waals surface area (Å²) in [7, 11) is 1.35. The highest BCUT2D eigenvalue weighted by molar-refractivity contribution is 5.69. The third-order valence-corrected chi connectivity index (χ3v) is 2.98. The molecule has 2 aromatic heterocycles. The Kier molecular flexibility index (Phi) is 5.51. The summed E-state index contributed by atoms with van der Waals surface area (Å²) in [6.45, 7) is 4.01. The van der Waals surface area contributed by atoms with Gasteiger partial charge in [0.25, 0.3) is 0 Å². The third kappa shape index (κ3) is 4.16. The van der Waals surface area contributed by atoms with Crippen molar-refractivity contribution in [3.63, 3.8) is 0 Å². The number of aromatic nitrogens is 3. The molecule has 0 saturated heterocycles.